The Labute approximate surface area is 261 Å². The second-order valence-corrected chi connectivity index (χ2v) is 13.1. The summed E-state index contributed by atoms with van der Waals surface area (Å²) in [6.07, 6.45) is 3.29. The summed E-state index contributed by atoms with van der Waals surface area (Å²) < 4.78 is 6.81. The van der Waals surface area contributed by atoms with Gasteiger partial charge in [0.2, 0.25) is 0 Å². The highest BCUT2D eigenvalue weighted by atomic mass is 32.1. The van der Waals surface area contributed by atoms with Gasteiger partial charge in [0.1, 0.15) is 11.4 Å². The molecule has 0 saturated carbocycles. The summed E-state index contributed by atoms with van der Waals surface area (Å²) in [7, 11) is 0. The maximum absolute atomic E-state index is 13.5. The van der Waals surface area contributed by atoms with Crippen LogP contribution in [0, 0.1) is 0 Å². The highest BCUT2D eigenvalue weighted by Gasteiger charge is 2.26. The molecule has 0 fully saturated rings. The maximum atomic E-state index is 13.5. The standard InChI is InChI=1S/C36H36N4O3S/c1-36(2,3)43-34(42)32-26(15-9-13-24-11-5-4-6-12-24)19-20-31(38-32)40-22-21-25-14-10-16-27(28(25)23-40)33(41)39-35-37-29-17-7-8-18-30(29)44-35/h4-8,10-12,14,16-20H,9,13,15,21-23H2,1-3H3,(H,37,39,41). The Balaban J connectivity index is 1.23. The smallest absolute Gasteiger partial charge is 0.357 e. The van der Waals surface area contributed by atoms with Gasteiger partial charge in [0.15, 0.2) is 10.8 Å². The van der Waals surface area contributed by atoms with Crippen LogP contribution in [0.15, 0.2) is 84.9 Å². The van der Waals surface area contributed by atoms with E-state index in [1.54, 1.807) is 0 Å². The van der Waals surface area contributed by atoms with Crippen molar-refractivity contribution in [2.45, 2.75) is 58.6 Å². The first-order valence-corrected chi connectivity index (χ1v) is 15.8. The van der Waals surface area contributed by atoms with E-state index in [-0.39, 0.29) is 5.91 Å². The van der Waals surface area contributed by atoms with Crippen molar-refractivity contribution in [1.82, 2.24) is 9.97 Å². The van der Waals surface area contributed by atoms with Crippen LogP contribution in [0.3, 0.4) is 0 Å². The fourth-order valence-electron chi connectivity index (χ4n) is 5.57. The zero-order chi connectivity index (χ0) is 30.7. The van der Waals surface area contributed by atoms with Gasteiger partial charge in [0.25, 0.3) is 5.91 Å². The van der Waals surface area contributed by atoms with E-state index in [4.69, 9.17) is 9.72 Å². The molecule has 1 aliphatic rings. The molecule has 224 valence electrons. The molecule has 3 heterocycles. The van der Waals surface area contributed by atoms with Crippen LogP contribution in [0.2, 0.25) is 0 Å². The van der Waals surface area contributed by atoms with Gasteiger partial charge in [-0.25, -0.2) is 14.8 Å². The number of amides is 1. The lowest BCUT2D eigenvalue weighted by molar-refractivity contribution is 0.00615. The molecule has 5 aromatic rings. The lowest BCUT2D eigenvalue weighted by atomic mass is 9.94. The van der Waals surface area contributed by atoms with Crippen molar-refractivity contribution in [1.29, 1.82) is 0 Å². The van der Waals surface area contributed by atoms with E-state index < -0.39 is 11.6 Å². The number of rotatable bonds is 8. The number of esters is 1. The van der Waals surface area contributed by atoms with Crippen molar-refractivity contribution >= 4 is 44.4 Å². The minimum absolute atomic E-state index is 0.182. The molecule has 0 atom stereocenters. The van der Waals surface area contributed by atoms with E-state index in [9.17, 15) is 9.59 Å². The van der Waals surface area contributed by atoms with E-state index in [1.165, 1.54) is 16.9 Å². The van der Waals surface area contributed by atoms with Crippen LogP contribution >= 0.6 is 11.3 Å². The molecular weight excluding hydrogens is 568 g/mol. The number of para-hydroxylation sites is 1. The third kappa shape index (κ3) is 6.81. The zero-order valence-electron chi connectivity index (χ0n) is 25.3. The highest BCUT2D eigenvalue weighted by Crippen LogP contribution is 2.30. The molecule has 3 aromatic carbocycles. The predicted octanol–water partition coefficient (Wildman–Crippen LogP) is 7.64. The Morgan fingerprint density at radius 1 is 0.909 bits per heavy atom. The van der Waals surface area contributed by atoms with Crippen LogP contribution in [0.1, 0.15) is 70.3 Å². The number of benzene rings is 3. The van der Waals surface area contributed by atoms with Crippen molar-refractivity contribution in [2.75, 3.05) is 16.8 Å². The number of ether oxygens (including phenoxy) is 1. The molecule has 2 aromatic heterocycles. The number of anilines is 2. The van der Waals surface area contributed by atoms with Gasteiger partial charge in [-0.1, -0.05) is 72.0 Å². The average molecular weight is 605 g/mol. The Kier molecular flexibility index (Phi) is 8.44. The molecule has 0 saturated heterocycles. The van der Waals surface area contributed by atoms with Gasteiger partial charge in [-0.05, 0) is 93.0 Å². The van der Waals surface area contributed by atoms with Crippen molar-refractivity contribution in [3.8, 4) is 0 Å². The molecule has 44 heavy (non-hydrogen) atoms. The first kappa shape index (κ1) is 29.5. The first-order chi connectivity index (χ1) is 21.2. The largest absolute Gasteiger partial charge is 0.455 e. The second-order valence-electron chi connectivity index (χ2n) is 12.1. The van der Waals surface area contributed by atoms with Crippen LogP contribution in [-0.4, -0.2) is 34.0 Å². The molecular formula is C36H36N4O3S. The van der Waals surface area contributed by atoms with Gasteiger partial charge >= 0.3 is 5.97 Å². The van der Waals surface area contributed by atoms with Gasteiger partial charge in [0, 0.05) is 18.7 Å². The minimum Gasteiger partial charge on any atom is -0.455 e. The number of fused-ring (bicyclic) bond motifs is 2. The van der Waals surface area contributed by atoms with Gasteiger partial charge in [-0.2, -0.15) is 0 Å². The summed E-state index contributed by atoms with van der Waals surface area (Å²) in [5, 5.41) is 3.59. The van der Waals surface area contributed by atoms with Crippen LogP contribution in [0.5, 0.6) is 0 Å². The normalized spacial score (nSPS) is 13.0. The number of pyridine rings is 1. The van der Waals surface area contributed by atoms with E-state index in [0.717, 1.165) is 59.1 Å². The van der Waals surface area contributed by atoms with E-state index in [0.29, 0.717) is 28.8 Å². The van der Waals surface area contributed by atoms with Crippen molar-refractivity contribution in [2.24, 2.45) is 0 Å². The molecule has 0 spiro atoms. The molecule has 8 heteroatoms. The van der Waals surface area contributed by atoms with Crippen molar-refractivity contribution in [3.63, 3.8) is 0 Å². The first-order valence-electron chi connectivity index (χ1n) is 15.0. The summed E-state index contributed by atoms with van der Waals surface area (Å²) in [4.78, 5) is 38.5. The van der Waals surface area contributed by atoms with Crippen LogP contribution < -0.4 is 10.2 Å². The van der Waals surface area contributed by atoms with Gasteiger partial charge in [-0.3, -0.25) is 10.1 Å². The van der Waals surface area contributed by atoms with Crippen molar-refractivity contribution < 1.29 is 14.3 Å². The second kappa shape index (κ2) is 12.6. The fourth-order valence-corrected chi connectivity index (χ4v) is 6.43. The SMILES string of the molecule is CC(C)(C)OC(=O)c1nc(N2CCc3cccc(C(=O)Nc4nc5ccccc5s4)c3C2)ccc1CCCc1ccccc1. The Hall–Kier alpha value is -4.56. The topological polar surface area (TPSA) is 84.4 Å². The van der Waals surface area contributed by atoms with E-state index in [1.807, 2.05) is 87.5 Å². The lowest BCUT2D eigenvalue weighted by Crippen LogP contribution is -2.33. The maximum Gasteiger partial charge on any atom is 0.357 e. The molecule has 6 rings (SSSR count). The number of carbonyl (C=O) groups excluding carboxylic acids is 2. The number of aryl methyl sites for hydroxylation is 2. The average Bonchev–Trinajstić information content (AvgIpc) is 3.42. The van der Waals surface area contributed by atoms with E-state index >= 15 is 0 Å². The zero-order valence-corrected chi connectivity index (χ0v) is 26.1. The highest BCUT2D eigenvalue weighted by molar-refractivity contribution is 7.22. The molecule has 0 aliphatic carbocycles. The summed E-state index contributed by atoms with van der Waals surface area (Å²) in [6.45, 7) is 6.84. The fraction of sp³-hybridized carbons (Fsp3) is 0.278. The quantitative estimate of drug-likeness (QED) is 0.183. The van der Waals surface area contributed by atoms with Crippen molar-refractivity contribution in [3.05, 3.63) is 118 Å². The summed E-state index contributed by atoms with van der Waals surface area (Å²) in [5.41, 5.74) is 5.47. The number of nitrogens with one attached hydrogen (secondary N) is 1. The number of aromatic nitrogens is 2. The molecule has 1 N–H and O–H groups in total. The lowest BCUT2D eigenvalue weighted by Gasteiger charge is -2.31. The van der Waals surface area contributed by atoms with Crippen LogP contribution in [-0.2, 0) is 30.5 Å². The third-order valence-electron chi connectivity index (χ3n) is 7.67. The summed E-state index contributed by atoms with van der Waals surface area (Å²) in [5.74, 6) is 0.103. The third-order valence-corrected chi connectivity index (χ3v) is 8.62. The van der Waals surface area contributed by atoms with Crippen LogP contribution in [0.4, 0.5) is 10.9 Å². The molecule has 0 radical (unpaired) electrons. The molecule has 1 amide bonds. The Morgan fingerprint density at radius 2 is 1.70 bits per heavy atom. The molecule has 1 aliphatic heterocycles. The molecule has 7 nitrogen and oxygen atoms in total. The van der Waals surface area contributed by atoms with Gasteiger partial charge in [-0.15, -0.1) is 0 Å². The van der Waals surface area contributed by atoms with Crippen LogP contribution in [0.25, 0.3) is 10.2 Å². The van der Waals surface area contributed by atoms with Gasteiger partial charge in [0.05, 0.1) is 10.2 Å². The number of thiazole rings is 1. The summed E-state index contributed by atoms with van der Waals surface area (Å²) >= 11 is 1.46. The number of nitrogens with zero attached hydrogens (tertiary/aromatic N) is 3. The predicted molar refractivity (Wildman–Crippen MR) is 177 cm³/mol. The van der Waals surface area contributed by atoms with E-state index in [2.05, 4.69) is 33.4 Å². The Bertz CT molecular complexity index is 1780. The van der Waals surface area contributed by atoms with Gasteiger partial charge < -0.3 is 9.64 Å². The number of hydrogen-bond acceptors (Lipinski definition) is 7. The molecule has 0 unspecified atom stereocenters. The minimum atomic E-state index is -0.633. The molecule has 0 bridgehead atoms. The summed E-state index contributed by atoms with van der Waals surface area (Å²) in [6, 6.07) is 28.1. The monoisotopic (exact) mass is 604 g/mol. The number of carbonyl (C=O) groups is 2. The Morgan fingerprint density at radius 3 is 2.50 bits per heavy atom. The number of hydrogen-bond donors (Lipinski definition) is 1.